The van der Waals surface area contributed by atoms with E-state index in [1.807, 2.05) is 38.1 Å². The Morgan fingerprint density at radius 3 is 2.52 bits per heavy atom. The monoisotopic (exact) mass is 331 g/mol. The number of ether oxygens (including phenoxy) is 1. The van der Waals surface area contributed by atoms with Crippen LogP contribution in [0.5, 0.6) is 0 Å². The summed E-state index contributed by atoms with van der Waals surface area (Å²) in [6.45, 7) is 4.76. The third-order valence-electron chi connectivity index (χ3n) is 3.73. The first kappa shape index (κ1) is 17.1. The Labute approximate surface area is 134 Å². The van der Waals surface area contributed by atoms with Crippen molar-refractivity contribution in [1.82, 2.24) is 4.81 Å². The van der Waals surface area contributed by atoms with Crippen molar-refractivity contribution in [2.24, 2.45) is 0 Å². The fraction of sp³-hybridized carbons (Fsp3) is 0.571. The van der Waals surface area contributed by atoms with Gasteiger partial charge in [0, 0.05) is 4.90 Å². The highest BCUT2D eigenvalue weighted by molar-refractivity contribution is 8.00. The van der Waals surface area contributed by atoms with Crippen LogP contribution >= 0.6 is 23.4 Å². The van der Waals surface area contributed by atoms with Gasteiger partial charge in [0.05, 0.1) is 11.3 Å². The van der Waals surface area contributed by atoms with Crippen molar-refractivity contribution in [3.8, 4) is 0 Å². The van der Waals surface area contributed by atoms with E-state index < -0.39 is 31.6 Å². The molecule has 1 aliphatic heterocycles. The van der Waals surface area contributed by atoms with Gasteiger partial charge in [0.2, 0.25) is 0 Å². The quantitative estimate of drug-likeness (QED) is 0.508. The summed E-state index contributed by atoms with van der Waals surface area (Å²) in [6, 6.07) is 7.29. The molecule has 0 amide bonds. The number of rotatable bonds is 5. The lowest BCUT2D eigenvalue weighted by atomic mass is 9.80. The van der Waals surface area contributed by atoms with Gasteiger partial charge in [0.1, 0.15) is 18.5 Å². The maximum atomic E-state index is 13.5. The first-order chi connectivity index (χ1) is 9.90. The van der Waals surface area contributed by atoms with Crippen LogP contribution in [-0.2, 0) is 4.74 Å². The van der Waals surface area contributed by atoms with Crippen molar-refractivity contribution in [2.75, 3.05) is 11.9 Å². The first-order valence-corrected chi connectivity index (χ1v) is 8.41. The predicted octanol–water partition coefficient (Wildman–Crippen LogP) is 3.53. The van der Waals surface area contributed by atoms with E-state index >= 15 is 0 Å². The molecule has 1 aliphatic rings. The molecular weight excluding hydrogens is 311 g/mol. The molecule has 0 spiro atoms. The van der Waals surface area contributed by atoms with E-state index in [1.54, 1.807) is 11.6 Å². The Hall–Kier alpha value is -0.265. The molecule has 1 aromatic rings. The lowest BCUT2D eigenvalue weighted by molar-refractivity contribution is -0.0557. The largest absolute Gasteiger partial charge is 0.437 e. The zero-order valence-electron chi connectivity index (χ0n) is 12.4. The molecule has 1 saturated heterocycles. The molecule has 1 aromatic carbocycles. The SMILES string of the molecule is CB(O)N1[C@@H](CF)[C@@H](c2ccc(SCCl)cc2)OC1(C)C. The summed E-state index contributed by atoms with van der Waals surface area (Å²) in [4.78, 5) is 2.74. The molecular formula is C14H20BClFNO2S. The topological polar surface area (TPSA) is 32.7 Å². The number of alkyl halides is 2. The van der Waals surface area contributed by atoms with Crippen LogP contribution in [0, 0.1) is 0 Å². The van der Waals surface area contributed by atoms with Gasteiger partial charge in [0.15, 0.2) is 0 Å². The lowest BCUT2D eigenvalue weighted by Gasteiger charge is -2.33. The second kappa shape index (κ2) is 6.88. The maximum absolute atomic E-state index is 13.5. The molecule has 7 heteroatoms. The summed E-state index contributed by atoms with van der Waals surface area (Å²) in [7, 11) is -0.767. The van der Waals surface area contributed by atoms with E-state index in [-0.39, 0.29) is 0 Å². The molecule has 1 fully saturated rings. The number of hydrogen-bond donors (Lipinski definition) is 1. The molecule has 3 nitrogen and oxygen atoms in total. The molecule has 2 atom stereocenters. The lowest BCUT2D eigenvalue weighted by Crippen LogP contribution is -2.52. The van der Waals surface area contributed by atoms with E-state index in [1.165, 1.54) is 11.8 Å². The Morgan fingerprint density at radius 1 is 1.43 bits per heavy atom. The third kappa shape index (κ3) is 3.56. The summed E-state index contributed by atoms with van der Waals surface area (Å²) >= 11 is 7.23. The number of nitrogens with zero attached hydrogens (tertiary/aromatic N) is 1. The molecule has 21 heavy (non-hydrogen) atoms. The van der Waals surface area contributed by atoms with Gasteiger partial charge < -0.3 is 9.76 Å². The number of benzene rings is 1. The minimum atomic E-state index is -0.767. The maximum Gasteiger partial charge on any atom is 0.379 e. The van der Waals surface area contributed by atoms with Gasteiger partial charge in [-0.25, -0.2) is 4.39 Å². The number of halogens is 2. The van der Waals surface area contributed by atoms with Crippen molar-refractivity contribution >= 4 is 30.4 Å². The predicted molar refractivity (Wildman–Crippen MR) is 86.4 cm³/mol. The van der Waals surface area contributed by atoms with Gasteiger partial charge in [-0.15, -0.1) is 23.4 Å². The van der Waals surface area contributed by atoms with Crippen LogP contribution in [0.2, 0.25) is 6.82 Å². The Bertz CT molecular complexity index is 475. The highest BCUT2D eigenvalue weighted by Gasteiger charge is 2.50. The zero-order chi connectivity index (χ0) is 15.6. The van der Waals surface area contributed by atoms with Crippen LogP contribution in [0.3, 0.4) is 0 Å². The molecule has 116 valence electrons. The van der Waals surface area contributed by atoms with Crippen molar-refractivity contribution < 1.29 is 14.2 Å². The Balaban J connectivity index is 2.26. The van der Waals surface area contributed by atoms with Crippen LogP contribution in [-0.4, -0.2) is 40.5 Å². The van der Waals surface area contributed by atoms with Crippen molar-refractivity contribution in [3.63, 3.8) is 0 Å². The second-order valence-corrected chi connectivity index (χ2v) is 7.20. The normalized spacial score (nSPS) is 25.2. The van der Waals surface area contributed by atoms with E-state index in [0.29, 0.717) is 5.21 Å². The second-order valence-electron chi connectivity index (χ2n) is 5.57. The van der Waals surface area contributed by atoms with Crippen LogP contribution in [0.15, 0.2) is 29.2 Å². The van der Waals surface area contributed by atoms with Gasteiger partial charge in [0.25, 0.3) is 0 Å². The highest BCUT2D eigenvalue weighted by Crippen LogP contribution is 2.41. The fourth-order valence-electron chi connectivity index (χ4n) is 2.98. The van der Waals surface area contributed by atoms with E-state index in [2.05, 4.69) is 0 Å². The molecule has 0 bridgehead atoms. The van der Waals surface area contributed by atoms with Crippen LogP contribution < -0.4 is 0 Å². The summed E-state index contributed by atoms with van der Waals surface area (Å²) < 4.78 is 19.5. The molecule has 0 aromatic heterocycles. The minimum absolute atomic E-state index is 0.394. The van der Waals surface area contributed by atoms with Crippen molar-refractivity contribution in [1.29, 1.82) is 0 Å². The molecule has 0 aliphatic carbocycles. The zero-order valence-corrected chi connectivity index (χ0v) is 14.0. The van der Waals surface area contributed by atoms with Gasteiger partial charge in [-0.3, -0.25) is 4.81 Å². The van der Waals surface area contributed by atoms with Crippen LogP contribution in [0.4, 0.5) is 4.39 Å². The summed E-state index contributed by atoms with van der Waals surface area (Å²) in [5.41, 5.74) is 0.201. The molecule has 0 unspecified atom stereocenters. The number of hydrogen-bond acceptors (Lipinski definition) is 4. The van der Waals surface area contributed by atoms with E-state index in [0.717, 1.165) is 10.5 Å². The van der Waals surface area contributed by atoms with Crippen molar-refractivity contribution in [2.45, 2.75) is 43.4 Å². The van der Waals surface area contributed by atoms with E-state index in [4.69, 9.17) is 16.3 Å². The molecule has 0 saturated carbocycles. The van der Waals surface area contributed by atoms with Crippen LogP contribution in [0.25, 0.3) is 0 Å². The third-order valence-corrected chi connectivity index (χ3v) is 4.78. The molecule has 2 rings (SSSR count). The van der Waals surface area contributed by atoms with E-state index in [9.17, 15) is 9.41 Å². The molecule has 1 N–H and O–H groups in total. The van der Waals surface area contributed by atoms with Gasteiger partial charge in [-0.1, -0.05) is 12.1 Å². The van der Waals surface area contributed by atoms with Gasteiger partial charge >= 0.3 is 7.05 Å². The summed E-state index contributed by atoms with van der Waals surface area (Å²) in [5, 5.41) is 10.4. The molecule has 1 heterocycles. The molecule has 0 radical (unpaired) electrons. The highest BCUT2D eigenvalue weighted by atomic mass is 35.5. The minimum Gasteiger partial charge on any atom is -0.437 e. The van der Waals surface area contributed by atoms with Gasteiger partial charge in [-0.2, -0.15) is 0 Å². The van der Waals surface area contributed by atoms with Crippen LogP contribution in [0.1, 0.15) is 25.5 Å². The Morgan fingerprint density at radius 2 is 2.05 bits per heavy atom. The number of thioether (sulfide) groups is 1. The van der Waals surface area contributed by atoms with Crippen molar-refractivity contribution in [3.05, 3.63) is 29.8 Å². The Kier molecular flexibility index (Phi) is 5.60. The summed E-state index contributed by atoms with van der Waals surface area (Å²) in [5.74, 6) is 0. The average molecular weight is 332 g/mol. The standard InChI is InChI=1S/C14H20BClFNO2S/c1-14(2)18(15(3)19)12(8-17)13(20-14)10-4-6-11(7-5-10)21-9-16/h4-7,12-13,19H,8-9H2,1-3H3/t12-,13+/m0/s1. The smallest absolute Gasteiger partial charge is 0.379 e. The van der Waals surface area contributed by atoms with Gasteiger partial charge in [-0.05, 0) is 38.4 Å². The summed E-state index contributed by atoms with van der Waals surface area (Å²) in [6.07, 6.45) is -0.394. The first-order valence-electron chi connectivity index (χ1n) is 6.89. The average Bonchev–Trinajstić information content (AvgIpc) is 2.71. The fourth-order valence-corrected chi connectivity index (χ4v) is 3.82.